The van der Waals surface area contributed by atoms with Gasteiger partial charge in [-0.25, -0.2) is 9.40 Å². The lowest BCUT2D eigenvalue weighted by Gasteiger charge is -2.44. The molecule has 0 aliphatic carbocycles. The van der Waals surface area contributed by atoms with Gasteiger partial charge in [-0.05, 0) is 32.8 Å². The lowest BCUT2D eigenvalue weighted by Crippen LogP contribution is -2.61. The largest absolute Gasteiger partial charge is 0.498 e. The maximum absolute atomic E-state index is 14.0. The molecule has 1 saturated heterocycles. The minimum absolute atomic E-state index is 0.0188. The highest BCUT2D eigenvalue weighted by molar-refractivity contribution is 6.42. The number of halogens is 1. The molecule has 3 atom stereocenters. The fourth-order valence-corrected chi connectivity index (χ4v) is 5.67. The van der Waals surface area contributed by atoms with E-state index in [2.05, 4.69) is 5.10 Å². The highest BCUT2D eigenvalue weighted by Crippen LogP contribution is 2.43. The van der Waals surface area contributed by atoms with Gasteiger partial charge in [-0.2, -0.15) is 5.10 Å². The van der Waals surface area contributed by atoms with Crippen LogP contribution in [0.4, 0.5) is 4.39 Å². The molecule has 5 rings (SSSR count). The lowest BCUT2D eigenvalue weighted by atomic mass is 9.91. The summed E-state index contributed by atoms with van der Waals surface area (Å²) in [7, 11) is 3.15. The summed E-state index contributed by atoms with van der Waals surface area (Å²) in [4.78, 5) is 46.3. The molecule has 0 radical (unpaired) electrons. The molecule has 2 unspecified atom stereocenters. The number of amides is 3. The molecule has 0 saturated carbocycles. The quantitative estimate of drug-likeness (QED) is 0.596. The Hall–Kier alpha value is -3.63. The van der Waals surface area contributed by atoms with Crippen LogP contribution in [0.15, 0.2) is 34.8 Å². The minimum atomic E-state index is -0.914. The first-order valence-corrected chi connectivity index (χ1v) is 12.7. The van der Waals surface area contributed by atoms with Crippen LogP contribution in [0.2, 0.25) is 0 Å². The van der Waals surface area contributed by atoms with E-state index in [1.165, 1.54) is 24.3 Å². The van der Waals surface area contributed by atoms with Crippen molar-refractivity contribution < 1.29 is 28.2 Å². The van der Waals surface area contributed by atoms with Gasteiger partial charge in [-0.1, -0.05) is 6.07 Å². The number of carbonyl (C=O) groups excluding carboxylic acids is 3. The van der Waals surface area contributed by atoms with Crippen molar-refractivity contribution in [2.75, 3.05) is 40.4 Å². The second kappa shape index (κ2) is 9.68. The molecule has 0 aromatic heterocycles. The van der Waals surface area contributed by atoms with Gasteiger partial charge in [-0.3, -0.25) is 14.4 Å². The van der Waals surface area contributed by atoms with Crippen molar-refractivity contribution in [2.24, 2.45) is 11.0 Å². The third-order valence-corrected chi connectivity index (χ3v) is 7.53. The number of fused-ring (bicyclic) bond motifs is 6. The number of carbonyl (C=O) groups is 3. The van der Waals surface area contributed by atoms with E-state index >= 15 is 0 Å². The van der Waals surface area contributed by atoms with Gasteiger partial charge in [0.05, 0.1) is 26.3 Å². The summed E-state index contributed by atoms with van der Waals surface area (Å²) in [6.45, 7) is 5.64. The number of likely N-dealkylation sites (N-methyl/N-ethyl adjacent to an activating group) is 1. The standard InChI is InChI=1S/C26H32FN5O5/c1-5-30-13-15(2)32-21-19(23(36-4)22(32)26(30)35)24(33)31-14-16-8-9-17(27)12-18(16)37-11-7-6-10-29(3)25(34)20(21)28-31/h8-9,12,15,19,21H,5-7,10-11,13-14H2,1-4H3/t15-,19?,21?/m0/s1. The van der Waals surface area contributed by atoms with Gasteiger partial charge in [-0.15, -0.1) is 0 Å². The van der Waals surface area contributed by atoms with E-state index in [9.17, 15) is 18.8 Å². The van der Waals surface area contributed by atoms with Crippen molar-refractivity contribution in [1.29, 1.82) is 0 Å². The molecule has 0 spiro atoms. The molecule has 1 aromatic rings. The summed E-state index contributed by atoms with van der Waals surface area (Å²) in [5.41, 5.74) is 1.06. The fourth-order valence-electron chi connectivity index (χ4n) is 5.67. The van der Waals surface area contributed by atoms with E-state index in [-0.39, 0.29) is 35.9 Å². The van der Waals surface area contributed by atoms with Crippen molar-refractivity contribution in [1.82, 2.24) is 19.7 Å². The Balaban J connectivity index is 1.65. The molecule has 4 aliphatic rings. The molecule has 4 heterocycles. The van der Waals surface area contributed by atoms with Crippen LogP contribution in [0.5, 0.6) is 5.75 Å². The highest BCUT2D eigenvalue weighted by Gasteiger charge is 2.58. The Morgan fingerprint density at radius 2 is 1.97 bits per heavy atom. The first kappa shape index (κ1) is 25.0. The molecule has 37 heavy (non-hydrogen) atoms. The molecular formula is C26H32FN5O5. The smallest absolute Gasteiger partial charge is 0.273 e. The summed E-state index contributed by atoms with van der Waals surface area (Å²) in [6, 6.07) is 3.25. The first-order chi connectivity index (χ1) is 17.8. The molecule has 0 N–H and O–H groups in total. The van der Waals surface area contributed by atoms with Crippen molar-refractivity contribution >= 4 is 23.4 Å². The van der Waals surface area contributed by atoms with Crippen molar-refractivity contribution in [3.8, 4) is 5.75 Å². The van der Waals surface area contributed by atoms with Gasteiger partial charge in [0.2, 0.25) is 0 Å². The molecule has 198 valence electrons. The van der Waals surface area contributed by atoms with E-state index in [0.29, 0.717) is 56.1 Å². The first-order valence-electron chi connectivity index (χ1n) is 12.7. The summed E-state index contributed by atoms with van der Waals surface area (Å²) in [5.74, 6) is -1.70. The number of nitrogens with zero attached hydrogens (tertiary/aromatic N) is 5. The van der Waals surface area contributed by atoms with Crippen LogP contribution in [0.1, 0.15) is 32.3 Å². The van der Waals surface area contributed by atoms with Crippen LogP contribution in [0.25, 0.3) is 0 Å². The molecule has 1 aromatic carbocycles. The van der Waals surface area contributed by atoms with Crippen molar-refractivity contribution in [3.63, 3.8) is 0 Å². The normalized spacial score (nSPS) is 26.5. The van der Waals surface area contributed by atoms with Crippen molar-refractivity contribution in [2.45, 2.75) is 45.3 Å². The maximum atomic E-state index is 14.0. The topological polar surface area (TPSA) is 95.0 Å². The summed E-state index contributed by atoms with van der Waals surface area (Å²) >= 11 is 0. The average molecular weight is 514 g/mol. The monoisotopic (exact) mass is 513 g/mol. The summed E-state index contributed by atoms with van der Waals surface area (Å²) in [6.07, 6.45) is 1.34. The zero-order chi connectivity index (χ0) is 26.4. The zero-order valence-electron chi connectivity index (χ0n) is 21.6. The summed E-state index contributed by atoms with van der Waals surface area (Å²) in [5, 5.41) is 5.82. The van der Waals surface area contributed by atoms with E-state index in [0.717, 1.165) is 0 Å². The van der Waals surface area contributed by atoms with Gasteiger partial charge in [0.1, 0.15) is 34.7 Å². The summed E-state index contributed by atoms with van der Waals surface area (Å²) < 4.78 is 25.6. The molecule has 11 heteroatoms. The average Bonchev–Trinajstić information content (AvgIpc) is 3.24. The number of hydrogen-bond acceptors (Lipinski definition) is 7. The number of methoxy groups -OCH3 is 1. The molecule has 2 bridgehead atoms. The van der Waals surface area contributed by atoms with Crippen LogP contribution >= 0.6 is 0 Å². The second-order valence-electron chi connectivity index (χ2n) is 9.86. The molecular weight excluding hydrogens is 481 g/mol. The highest BCUT2D eigenvalue weighted by atomic mass is 19.1. The minimum Gasteiger partial charge on any atom is -0.498 e. The number of hydrazone groups is 1. The van der Waals surface area contributed by atoms with Gasteiger partial charge in [0, 0.05) is 44.4 Å². The predicted molar refractivity (Wildman–Crippen MR) is 132 cm³/mol. The third kappa shape index (κ3) is 4.10. The lowest BCUT2D eigenvalue weighted by molar-refractivity contribution is -0.139. The molecule has 4 aliphatic heterocycles. The van der Waals surface area contributed by atoms with E-state index in [1.807, 2.05) is 18.7 Å². The van der Waals surface area contributed by atoms with Gasteiger partial charge < -0.3 is 24.2 Å². The van der Waals surface area contributed by atoms with Gasteiger partial charge in [0.25, 0.3) is 17.7 Å². The molecule has 1 fully saturated rings. The SMILES string of the molecule is CCN1C[C@H](C)N2C(=C(OC)C3C(=O)N4Cc5ccc(F)cc5OCCCCN(C)C(=O)C(=N4)C32)C1=O. The van der Waals surface area contributed by atoms with Crippen molar-refractivity contribution in [3.05, 3.63) is 41.0 Å². The molecule has 10 nitrogen and oxygen atoms in total. The number of hydrogen-bond donors (Lipinski definition) is 0. The van der Waals surface area contributed by atoms with E-state index < -0.39 is 23.7 Å². The van der Waals surface area contributed by atoms with E-state index in [1.54, 1.807) is 22.9 Å². The van der Waals surface area contributed by atoms with Crippen LogP contribution in [0.3, 0.4) is 0 Å². The third-order valence-electron chi connectivity index (χ3n) is 7.53. The van der Waals surface area contributed by atoms with Crippen LogP contribution in [-0.2, 0) is 25.7 Å². The van der Waals surface area contributed by atoms with Crippen LogP contribution < -0.4 is 4.74 Å². The Morgan fingerprint density at radius 3 is 2.70 bits per heavy atom. The predicted octanol–water partition coefficient (Wildman–Crippen LogP) is 1.56. The van der Waals surface area contributed by atoms with Crippen LogP contribution in [-0.4, -0.2) is 95.6 Å². The van der Waals surface area contributed by atoms with E-state index in [4.69, 9.17) is 9.47 Å². The Labute approximate surface area is 215 Å². The van der Waals surface area contributed by atoms with Gasteiger partial charge >= 0.3 is 0 Å². The number of ether oxygens (including phenoxy) is 2. The molecule has 3 amide bonds. The van der Waals surface area contributed by atoms with Crippen LogP contribution in [0, 0.1) is 11.7 Å². The number of benzene rings is 1. The Morgan fingerprint density at radius 1 is 1.19 bits per heavy atom. The fraction of sp³-hybridized carbons (Fsp3) is 0.538. The van der Waals surface area contributed by atoms with Gasteiger partial charge in [0.15, 0.2) is 0 Å². The Kier molecular flexibility index (Phi) is 6.55. The maximum Gasteiger partial charge on any atom is 0.273 e. The number of rotatable bonds is 2. The Bertz CT molecular complexity index is 1200. The second-order valence-corrected chi connectivity index (χ2v) is 9.86. The zero-order valence-corrected chi connectivity index (χ0v) is 21.6. The number of piperazine rings is 1.